The van der Waals surface area contributed by atoms with Gasteiger partial charge in [-0.1, -0.05) is 26.0 Å². The second kappa shape index (κ2) is 8.11. The molecule has 0 aliphatic carbocycles. The van der Waals surface area contributed by atoms with E-state index >= 15 is 0 Å². The monoisotopic (exact) mass is 317 g/mol. The summed E-state index contributed by atoms with van der Waals surface area (Å²) in [5.74, 6) is 2.78. The van der Waals surface area contributed by atoms with E-state index in [9.17, 15) is 0 Å². The number of hydrogen-bond acceptors (Lipinski definition) is 5. The van der Waals surface area contributed by atoms with E-state index in [4.69, 9.17) is 9.15 Å². The lowest BCUT2D eigenvalue weighted by Gasteiger charge is -2.18. The molecule has 2 atom stereocenters. The second-order valence-electron chi connectivity index (χ2n) is 6.37. The molecule has 5 nitrogen and oxygen atoms in total. The molecular formula is C18H27N3O2. The molecule has 1 heterocycles. The van der Waals surface area contributed by atoms with Crippen LogP contribution < -0.4 is 10.1 Å². The van der Waals surface area contributed by atoms with Crippen molar-refractivity contribution in [3.05, 3.63) is 41.6 Å². The van der Waals surface area contributed by atoms with Crippen molar-refractivity contribution in [3.63, 3.8) is 0 Å². The first kappa shape index (κ1) is 17.5. The lowest BCUT2D eigenvalue weighted by atomic mass is 10.1. The molecule has 0 saturated carbocycles. The largest absolute Gasteiger partial charge is 0.494 e. The average Bonchev–Trinajstić information content (AvgIpc) is 2.94. The number of nitrogens with one attached hydrogen (secondary N) is 1. The standard InChI is InChI=1S/C18H27N3O2/c1-12(2)10-11-22-17-8-6-16(7-9-17)13(3)19-14(4)18-21-20-15(5)23-18/h6-9,12-14,19H,10-11H2,1-5H3/t13-,14+/m1/s1. The van der Waals surface area contributed by atoms with Gasteiger partial charge in [0.1, 0.15) is 5.75 Å². The normalized spacial score (nSPS) is 14.0. The summed E-state index contributed by atoms with van der Waals surface area (Å²) in [5, 5.41) is 11.4. The van der Waals surface area contributed by atoms with Crippen LogP contribution in [0.25, 0.3) is 0 Å². The summed E-state index contributed by atoms with van der Waals surface area (Å²) in [7, 11) is 0. The van der Waals surface area contributed by atoms with Gasteiger partial charge in [0.25, 0.3) is 0 Å². The second-order valence-corrected chi connectivity index (χ2v) is 6.37. The first-order valence-electron chi connectivity index (χ1n) is 8.24. The number of benzene rings is 1. The van der Waals surface area contributed by atoms with Gasteiger partial charge >= 0.3 is 0 Å². The molecule has 0 fully saturated rings. The Morgan fingerprint density at radius 2 is 1.74 bits per heavy atom. The lowest BCUT2D eigenvalue weighted by molar-refractivity contribution is 0.289. The van der Waals surface area contributed by atoms with Crippen molar-refractivity contribution >= 4 is 0 Å². The van der Waals surface area contributed by atoms with Crippen LogP contribution in [0.3, 0.4) is 0 Å². The van der Waals surface area contributed by atoms with Crippen LogP contribution in [0.15, 0.2) is 28.7 Å². The fourth-order valence-corrected chi connectivity index (χ4v) is 2.29. The van der Waals surface area contributed by atoms with Crippen LogP contribution in [-0.2, 0) is 0 Å². The van der Waals surface area contributed by atoms with Crippen LogP contribution in [0, 0.1) is 12.8 Å². The maximum Gasteiger partial charge on any atom is 0.233 e. The highest BCUT2D eigenvalue weighted by Crippen LogP contribution is 2.21. The minimum absolute atomic E-state index is 0.00756. The van der Waals surface area contributed by atoms with Crippen LogP contribution in [-0.4, -0.2) is 16.8 Å². The fraction of sp³-hybridized carbons (Fsp3) is 0.556. The van der Waals surface area contributed by atoms with Gasteiger partial charge in [0, 0.05) is 13.0 Å². The van der Waals surface area contributed by atoms with Crippen molar-refractivity contribution in [2.45, 2.75) is 53.1 Å². The molecule has 0 aliphatic rings. The number of nitrogens with zero attached hydrogens (tertiary/aromatic N) is 2. The van der Waals surface area contributed by atoms with Crippen molar-refractivity contribution in [2.24, 2.45) is 5.92 Å². The maximum atomic E-state index is 5.75. The molecule has 2 aromatic rings. The molecule has 5 heteroatoms. The van der Waals surface area contributed by atoms with Gasteiger partial charge in [0.05, 0.1) is 12.6 Å². The zero-order valence-electron chi connectivity index (χ0n) is 14.7. The zero-order chi connectivity index (χ0) is 16.8. The van der Waals surface area contributed by atoms with Gasteiger partial charge in [-0.05, 0) is 43.9 Å². The average molecular weight is 317 g/mol. The first-order valence-corrected chi connectivity index (χ1v) is 8.24. The molecule has 0 unspecified atom stereocenters. The smallest absolute Gasteiger partial charge is 0.233 e. The Bertz CT molecular complexity index is 593. The van der Waals surface area contributed by atoms with Crippen molar-refractivity contribution in [3.8, 4) is 5.75 Å². The highest BCUT2D eigenvalue weighted by molar-refractivity contribution is 5.29. The van der Waals surface area contributed by atoms with Gasteiger partial charge in [-0.25, -0.2) is 0 Å². The lowest BCUT2D eigenvalue weighted by Crippen LogP contribution is -2.22. The molecule has 0 aliphatic heterocycles. The molecule has 126 valence electrons. The molecular weight excluding hydrogens is 290 g/mol. The fourth-order valence-electron chi connectivity index (χ4n) is 2.29. The third-order valence-corrected chi connectivity index (χ3v) is 3.76. The Hall–Kier alpha value is -1.88. The highest BCUT2D eigenvalue weighted by atomic mass is 16.5. The maximum absolute atomic E-state index is 5.75. The third kappa shape index (κ3) is 5.36. The predicted octanol–water partition coefficient (Wildman–Crippen LogP) is 4.21. The van der Waals surface area contributed by atoms with Crippen molar-refractivity contribution in [2.75, 3.05) is 6.61 Å². The third-order valence-electron chi connectivity index (χ3n) is 3.76. The predicted molar refractivity (Wildman–Crippen MR) is 90.4 cm³/mol. The van der Waals surface area contributed by atoms with Gasteiger partial charge in [-0.15, -0.1) is 10.2 Å². The SMILES string of the molecule is Cc1nnc([C@H](C)N[C@H](C)c2ccc(OCCC(C)C)cc2)o1. The number of ether oxygens (including phenoxy) is 1. The summed E-state index contributed by atoms with van der Waals surface area (Å²) < 4.78 is 11.2. The van der Waals surface area contributed by atoms with Gasteiger partial charge in [0.2, 0.25) is 11.8 Å². The number of hydrogen-bond donors (Lipinski definition) is 1. The summed E-state index contributed by atoms with van der Waals surface area (Å²) in [6.45, 7) is 11.1. The molecule has 0 radical (unpaired) electrons. The van der Waals surface area contributed by atoms with E-state index in [2.05, 4.69) is 48.4 Å². The van der Waals surface area contributed by atoms with Crippen molar-refractivity contribution < 1.29 is 9.15 Å². The van der Waals surface area contributed by atoms with E-state index in [1.165, 1.54) is 5.56 Å². The minimum atomic E-state index is 0.00756. The Balaban J connectivity index is 1.88. The molecule has 23 heavy (non-hydrogen) atoms. The summed E-state index contributed by atoms with van der Waals surface area (Å²) >= 11 is 0. The van der Waals surface area contributed by atoms with Crippen molar-refractivity contribution in [1.82, 2.24) is 15.5 Å². The van der Waals surface area contributed by atoms with E-state index in [1.54, 1.807) is 6.92 Å². The summed E-state index contributed by atoms with van der Waals surface area (Å²) in [5.41, 5.74) is 1.20. The summed E-state index contributed by atoms with van der Waals surface area (Å²) in [4.78, 5) is 0. The van der Waals surface area contributed by atoms with Crippen LogP contribution >= 0.6 is 0 Å². The van der Waals surface area contributed by atoms with Gasteiger partial charge < -0.3 is 9.15 Å². The van der Waals surface area contributed by atoms with E-state index in [-0.39, 0.29) is 12.1 Å². The van der Waals surface area contributed by atoms with E-state index in [0.29, 0.717) is 17.7 Å². The number of rotatable bonds is 8. The zero-order valence-corrected chi connectivity index (χ0v) is 14.7. The van der Waals surface area contributed by atoms with Gasteiger partial charge in [0.15, 0.2) is 0 Å². The molecule has 1 N–H and O–H groups in total. The summed E-state index contributed by atoms with van der Waals surface area (Å²) in [6, 6.07) is 8.42. The van der Waals surface area contributed by atoms with E-state index < -0.39 is 0 Å². The minimum Gasteiger partial charge on any atom is -0.494 e. The molecule has 1 aromatic carbocycles. The highest BCUT2D eigenvalue weighted by Gasteiger charge is 2.16. The van der Waals surface area contributed by atoms with Crippen LogP contribution in [0.5, 0.6) is 5.75 Å². The number of aromatic nitrogens is 2. The first-order chi connectivity index (χ1) is 11.0. The van der Waals surface area contributed by atoms with Crippen molar-refractivity contribution in [1.29, 1.82) is 0 Å². The Morgan fingerprint density at radius 1 is 1.04 bits per heavy atom. The molecule has 0 saturated heterocycles. The van der Waals surface area contributed by atoms with Crippen LogP contribution in [0.2, 0.25) is 0 Å². The molecule has 0 spiro atoms. The molecule has 1 aromatic heterocycles. The van der Waals surface area contributed by atoms with E-state index in [0.717, 1.165) is 18.8 Å². The van der Waals surface area contributed by atoms with Gasteiger partial charge in [-0.3, -0.25) is 5.32 Å². The summed E-state index contributed by atoms with van der Waals surface area (Å²) in [6.07, 6.45) is 1.07. The Kier molecular flexibility index (Phi) is 6.16. The van der Waals surface area contributed by atoms with Crippen LogP contribution in [0.1, 0.15) is 63.5 Å². The molecule has 0 amide bonds. The van der Waals surface area contributed by atoms with Gasteiger partial charge in [-0.2, -0.15) is 0 Å². The topological polar surface area (TPSA) is 60.2 Å². The van der Waals surface area contributed by atoms with E-state index in [1.807, 2.05) is 19.1 Å². The molecule has 2 rings (SSSR count). The van der Waals surface area contributed by atoms with Crippen LogP contribution in [0.4, 0.5) is 0 Å². The quantitative estimate of drug-likeness (QED) is 0.790. The molecule has 0 bridgehead atoms. The Labute approximate surface area is 138 Å². The Morgan fingerprint density at radius 3 is 2.30 bits per heavy atom. The number of aryl methyl sites for hydroxylation is 1.